The molecule has 0 radical (unpaired) electrons. The first-order chi connectivity index (χ1) is 12.0. The van der Waals surface area contributed by atoms with E-state index in [9.17, 15) is 8.42 Å². The van der Waals surface area contributed by atoms with Crippen molar-refractivity contribution < 1.29 is 13.2 Å². The minimum atomic E-state index is -3.66. The summed E-state index contributed by atoms with van der Waals surface area (Å²) in [6.07, 6.45) is 7.51. The standard InChI is InChI=1S/C18H25ClN2O3S.ClH/c19-13-4-7-17(24-11-12-2-1-3-12)18(8-13)25(22,23)21-16-9-14-5-6-15(10-16)20-14;/h4,7-8,12,14-16,20-21H,1-3,5-6,9-11H2;1H. The van der Waals surface area contributed by atoms with Gasteiger partial charge in [0.2, 0.25) is 10.0 Å². The highest BCUT2D eigenvalue weighted by molar-refractivity contribution is 7.89. The van der Waals surface area contributed by atoms with Crippen molar-refractivity contribution in [3.63, 3.8) is 0 Å². The molecule has 2 saturated heterocycles. The van der Waals surface area contributed by atoms with E-state index in [1.807, 2.05) is 0 Å². The molecule has 0 aromatic heterocycles. The van der Waals surface area contributed by atoms with Crippen LogP contribution in [0.3, 0.4) is 0 Å². The summed E-state index contributed by atoms with van der Waals surface area (Å²) >= 11 is 6.07. The Balaban J connectivity index is 0.00000196. The number of halogens is 2. The van der Waals surface area contributed by atoms with E-state index in [1.54, 1.807) is 12.1 Å². The van der Waals surface area contributed by atoms with Crippen molar-refractivity contribution in [1.29, 1.82) is 0 Å². The fraction of sp³-hybridized carbons (Fsp3) is 0.667. The van der Waals surface area contributed by atoms with Crippen molar-refractivity contribution in [3.05, 3.63) is 23.2 Å². The molecule has 5 nitrogen and oxygen atoms in total. The highest BCUT2D eigenvalue weighted by Gasteiger charge is 2.36. The first kappa shape index (κ1) is 20.2. The Morgan fingerprint density at radius 3 is 2.46 bits per heavy atom. The van der Waals surface area contributed by atoms with Crippen LogP contribution in [0.25, 0.3) is 0 Å². The summed E-state index contributed by atoms with van der Waals surface area (Å²) in [5.74, 6) is 0.944. The van der Waals surface area contributed by atoms with Crippen LogP contribution in [0.4, 0.5) is 0 Å². The Morgan fingerprint density at radius 2 is 1.85 bits per heavy atom. The van der Waals surface area contributed by atoms with Gasteiger partial charge in [-0.1, -0.05) is 18.0 Å². The molecule has 0 amide bonds. The lowest BCUT2D eigenvalue weighted by atomic mass is 9.86. The molecule has 4 rings (SSSR count). The summed E-state index contributed by atoms with van der Waals surface area (Å²) in [6.45, 7) is 0.571. The molecule has 1 aromatic rings. The maximum absolute atomic E-state index is 13.0. The number of benzene rings is 1. The summed E-state index contributed by atoms with van der Waals surface area (Å²) in [6, 6.07) is 5.68. The fourth-order valence-electron chi connectivity index (χ4n) is 4.11. The predicted molar refractivity (Wildman–Crippen MR) is 105 cm³/mol. The van der Waals surface area contributed by atoms with Crippen LogP contribution in [-0.2, 0) is 10.0 Å². The van der Waals surface area contributed by atoms with Gasteiger partial charge >= 0.3 is 0 Å². The summed E-state index contributed by atoms with van der Waals surface area (Å²) in [5, 5.41) is 3.94. The molecule has 1 aliphatic carbocycles. The van der Waals surface area contributed by atoms with Gasteiger partial charge in [0.1, 0.15) is 10.6 Å². The average molecular weight is 421 g/mol. The molecule has 2 N–H and O–H groups in total. The number of piperidine rings is 1. The van der Waals surface area contributed by atoms with Crippen LogP contribution < -0.4 is 14.8 Å². The largest absolute Gasteiger partial charge is 0.492 e. The summed E-state index contributed by atoms with van der Waals surface area (Å²) in [5.41, 5.74) is 0. The Hall–Kier alpha value is -0.530. The van der Waals surface area contributed by atoms with Crippen LogP contribution in [0, 0.1) is 5.92 Å². The number of hydrogen-bond donors (Lipinski definition) is 2. The smallest absolute Gasteiger partial charge is 0.244 e. The van der Waals surface area contributed by atoms with Crippen LogP contribution in [0.5, 0.6) is 5.75 Å². The second-order valence-corrected chi connectivity index (χ2v) is 9.75. The highest BCUT2D eigenvalue weighted by atomic mass is 35.5. The van der Waals surface area contributed by atoms with Gasteiger partial charge in [0.05, 0.1) is 6.61 Å². The van der Waals surface area contributed by atoms with Crippen LogP contribution >= 0.6 is 24.0 Å². The topological polar surface area (TPSA) is 67.4 Å². The third kappa shape index (κ3) is 4.47. The van der Waals surface area contributed by atoms with E-state index >= 15 is 0 Å². The first-order valence-electron chi connectivity index (χ1n) is 9.20. The van der Waals surface area contributed by atoms with Crippen LogP contribution in [0.2, 0.25) is 5.02 Å². The van der Waals surface area contributed by atoms with E-state index in [-0.39, 0.29) is 23.3 Å². The van der Waals surface area contributed by atoms with E-state index in [1.165, 1.54) is 12.5 Å². The minimum Gasteiger partial charge on any atom is -0.492 e. The summed E-state index contributed by atoms with van der Waals surface area (Å²) < 4.78 is 34.7. The molecule has 2 unspecified atom stereocenters. The van der Waals surface area contributed by atoms with Crippen molar-refractivity contribution in [2.45, 2.75) is 68.0 Å². The SMILES string of the molecule is Cl.O=S(=O)(NC1CC2CCC(C1)N2)c1cc(Cl)ccc1OCC1CCC1. The molecule has 2 heterocycles. The van der Waals surface area contributed by atoms with E-state index < -0.39 is 10.0 Å². The molecule has 3 fully saturated rings. The van der Waals surface area contributed by atoms with Crippen molar-refractivity contribution in [3.8, 4) is 5.75 Å². The zero-order chi connectivity index (χ0) is 17.4. The third-order valence-corrected chi connectivity index (χ3v) is 7.47. The fourth-order valence-corrected chi connectivity index (χ4v) is 5.78. The third-order valence-electron chi connectivity index (χ3n) is 5.69. The monoisotopic (exact) mass is 420 g/mol. The van der Waals surface area contributed by atoms with Gasteiger partial charge in [-0.25, -0.2) is 13.1 Å². The maximum Gasteiger partial charge on any atom is 0.244 e. The quantitative estimate of drug-likeness (QED) is 0.738. The molecule has 2 atom stereocenters. The number of rotatable bonds is 6. The van der Waals surface area contributed by atoms with Gasteiger partial charge in [-0.3, -0.25) is 0 Å². The van der Waals surface area contributed by atoms with Gasteiger partial charge in [0.25, 0.3) is 0 Å². The van der Waals surface area contributed by atoms with Crippen LogP contribution in [0.15, 0.2) is 23.1 Å². The van der Waals surface area contributed by atoms with E-state index in [2.05, 4.69) is 10.0 Å². The number of ether oxygens (including phenoxy) is 1. The van der Waals surface area contributed by atoms with Gasteiger partial charge in [-0.2, -0.15) is 0 Å². The van der Waals surface area contributed by atoms with Crippen LogP contribution in [0.1, 0.15) is 44.9 Å². The molecule has 26 heavy (non-hydrogen) atoms. The second-order valence-electron chi connectivity index (χ2n) is 7.63. The zero-order valence-electron chi connectivity index (χ0n) is 14.6. The number of nitrogens with one attached hydrogen (secondary N) is 2. The summed E-state index contributed by atoms with van der Waals surface area (Å²) in [7, 11) is -3.66. The maximum atomic E-state index is 13.0. The van der Waals surface area contributed by atoms with Crippen LogP contribution in [-0.4, -0.2) is 33.2 Å². The average Bonchev–Trinajstić information content (AvgIpc) is 2.85. The molecule has 2 aliphatic heterocycles. The summed E-state index contributed by atoms with van der Waals surface area (Å²) in [4.78, 5) is 0.158. The van der Waals surface area contributed by atoms with Gasteiger partial charge in [0.15, 0.2) is 0 Å². The van der Waals surface area contributed by atoms with Gasteiger partial charge < -0.3 is 10.1 Å². The molecular weight excluding hydrogens is 395 g/mol. The van der Waals surface area contributed by atoms with Gasteiger partial charge in [0, 0.05) is 23.1 Å². The highest BCUT2D eigenvalue weighted by Crippen LogP contribution is 2.32. The molecule has 3 aliphatic rings. The van der Waals surface area contributed by atoms with Crippen molar-refractivity contribution in [2.24, 2.45) is 5.92 Å². The lowest BCUT2D eigenvalue weighted by molar-refractivity contribution is 0.177. The lowest BCUT2D eigenvalue weighted by Crippen LogP contribution is -2.47. The molecule has 0 spiro atoms. The Morgan fingerprint density at radius 1 is 1.15 bits per heavy atom. The molecule has 146 valence electrons. The number of fused-ring (bicyclic) bond motifs is 2. The molecule has 1 aromatic carbocycles. The van der Waals surface area contributed by atoms with E-state index in [0.29, 0.717) is 35.4 Å². The van der Waals surface area contributed by atoms with Crippen molar-refractivity contribution in [1.82, 2.24) is 10.0 Å². The number of sulfonamides is 1. The minimum absolute atomic E-state index is 0. The predicted octanol–water partition coefficient (Wildman–Crippen LogP) is 3.50. The molecule has 2 bridgehead atoms. The van der Waals surface area contributed by atoms with Gasteiger partial charge in [-0.15, -0.1) is 12.4 Å². The van der Waals surface area contributed by atoms with Gasteiger partial charge in [-0.05, 0) is 62.6 Å². The normalized spacial score (nSPS) is 28.3. The molecule has 8 heteroatoms. The van der Waals surface area contributed by atoms with Crippen molar-refractivity contribution >= 4 is 34.0 Å². The second kappa shape index (κ2) is 8.23. The molecular formula is C18H26Cl2N2O3S. The lowest BCUT2D eigenvalue weighted by Gasteiger charge is -2.30. The van der Waals surface area contributed by atoms with E-state index in [4.69, 9.17) is 16.3 Å². The Kier molecular flexibility index (Phi) is 6.40. The molecule has 1 saturated carbocycles. The number of hydrogen-bond acceptors (Lipinski definition) is 4. The Bertz CT molecular complexity index is 728. The first-order valence-corrected chi connectivity index (χ1v) is 11.1. The zero-order valence-corrected chi connectivity index (χ0v) is 17.0. The Labute approximate surface area is 166 Å². The van der Waals surface area contributed by atoms with E-state index in [0.717, 1.165) is 38.5 Å². The van der Waals surface area contributed by atoms with Crippen molar-refractivity contribution in [2.75, 3.05) is 6.61 Å².